The highest BCUT2D eigenvalue weighted by Gasteiger charge is 2.16. The van der Waals surface area contributed by atoms with Gasteiger partial charge in [0, 0.05) is 23.6 Å². The van der Waals surface area contributed by atoms with E-state index in [4.69, 9.17) is 11.6 Å². The fourth-order valence-corrected chi connectivity index (χ4v) is 2.09. The highest BCUT2D eigenvalue weighted by atomic mass is 35.5. The maximum atomic E-state index is 11.6. The van der Waals surface area contributed by atoms with Gasteiger partial charge in [-0.05, 0) is 13.0 Å². The molecule has 1 aromatic heterocycles. The third-order valence-electron chi connectivity index (χ3n) is 2.68. The number of nitrogens with one attached hydrogen (secondary N) is 1. The van der Waals surface area contributed by atoms with Gasteiger partial charge in [0.25, 0.3) is 0 Å². The number of aromatic nitrogens is 1. The number of halogens is 1. The van der Waals surface area contributed by atoms with Crippen LogP contribution in [0.1, 0.15) is 5.69 Å². The number of nitrogens with zero attached hydrogens (tertiary/aromatic N) is 1. The standard InChI is InChI=1S/C12H13ClN2O/c1-8-12(15(2)11(16)7-13)9-5-3-4-6-10(9)14-8/h3-6,14H,7H2,1-2H3. The van der Waals surface area contributed by atoms with Crippen LogP contribution >= 0.6 is 11.6 Å². The van der Waals surface area contributed by atoms with E-state index in [0.29, 0.717) is 0 Å². The first-order chi connectivity index (χ1) is 7.65. The SMILES string of the molecule is Cc1[nH]c2ccccc2c1N(C)C(=O)CCl. The van der Waals surface area contributed by atoms with Crippen LogP contribution in [-0.4, -0.2) is 23.8 Å². The van der Waals surface area contributed by atoms with E-state index in [9.17, 15) is 4.79 Å². The molecule has 0 aliphatic carbocycles. The van der Waals surface area contributed by atoms with Crippen LogP contribution in [0.3, 0.4) is 0 Å². The van der Waals surface area contributed by atoms with Gasteiger partial charge in [0.05, 0.1) is 5.69 Å². The molecule has 3 nitrogen and oxygen atoms in total. The zero-order valence-electron chi connectivity index (χ0n) is 9.25. The molecule has 0 radical (unpaired) electrons. The molecule has 0 fully saturated rings. The second-order valence-electron chi connectivity index (χ2n) is 3.73. The quantitative estimate of drug-likeness (QED) is 0.800. The summed E-state index contributed by atoms with van der Waals surface area (Å²) in [4.78, 5) is 16.4. The molecule has 2 rings (SSSR count). The molecule has 1 N–H and O–H groups in total. The maximum Gasteiger partial charge on any atom is 0.241 e. The molecule has 4 heteroatoms. The number of carbonyl (C=O) groups is 1. The Bertz CT molecular complexity index is 533. The highest BCUT2D eigenvalue weighted by molar-refractivity contribution is 6.29. The minimum absolute atomic E-state index is 0.00452. The van der Waals surface area contributed by atoms with Gasteiger partial charge in [-0.15, -0.1) is 11.6 Å². The number of hydrogen-bond donors (Lipinski definition) is 1. The van der Waals surface area contributed by atoms with Crippen LogP contribution in [0.25, 0.3) is 10.9 Å². The zero-order chi connectivity index (χ0) is 11.7. The van der Waals surface area contributed by atoms with Gasteiger partial charge in [-0.25, -0.2) is 0 Å². The Morgan fingerprint density at radius 2 is 2.12 bits per heavy atom. The third-order valence-corrected chi connectivity index (χ3v) is 2.91. The molecule has 0 unspecified atom stereocenters. The predicted octanol–water partition coefficient (Wildman–Crippen LogP) is 2.68. The van der Waals surface area contributed by atoms with E-state index in [1.165, 1.54) is 0 Å². The summed E-state index contributed by atoms with van der Waals surface area (Å²) in [6.07, 6.45) is 0. The maximum absolute atomic E-state index is 11.6. The van der Waals surface area contributed by atoms with Crippen molar-refractivity contribution < 1.29 is 4.79 Å². The monoisotopic (exact) mass is 236 g/mol. The topological polar surface area (TPSA) is 36.1 Å². The molecule has 2 aromatic rings. The van der Waals surface area contributed by atoms with Crippen LogP contribution in [-0.2, 0) is 4.79 Å². The largest absolute Gasteiger partial charge is 0.357 e. The summed E-state index contributed by atoms with van der Waals surface area (Å²) in [6.45, 7) is 1.95. The van der Waals surface area contributed by atoms with Gasteiger partial charge in [0.1, 0.15) is 5.88 Å². The number of fused-ring (bicyclic) bond motifs is 1. The molecule has 84 valence electrons. The molecule has 0 saturated heterocycles. The Labute approximate surface area is 99.0 Å². The van der Waals surface area contributed by atoms with E-state index in [2.05, 4.69) is 4.98 Å². The van der Waals surface area contributed by atoms with E-state index < -0.39 is 0 Å². The van der Waals surface area contributed by atoms with Gasteiger partial charge in [-0.3, -0.25) is 4.79 Å². The molecule has 0 atom stereocenters. The second-order valence-corrected chi connectivity index (χ2v) is 4.00. The molecule has 1 aromatic carbocycles. The first-order valence-electron chi connectivity index (χ1n) is 5.05. The normalized spacial score (nSPS) is 10.7. The minimum Gasteiger partial charge on any atom is -0.357 e. The minimum atomic E-state index is -0.102. The summed E-state index contributed by atoms with van der Waals surface area (Å²) in [5, 5.41) is 1.04. The summed E-state index contributed by atoms with van der Waals surface area (Å²) in [7, 11) is 1.74. The molecule has 0 spiro atoms. The van der Waals surface area contributed by atoms with Crippen molar-refractivity contribution in [3.8, 4) is 0 Å². The average Bonchev–Trinajstić information content (AvgIpc) is 2.63. The van der Waals surface area contributed by atoms with Crippen molar-refractivity contribution in [2.75, 3.05) is 17.8 Å². The van der Waals surface area contributed by atoms with Gasteiger partial charge < -0.3 is 9.88 Å². The van der Waals surface area contributed by atoms with Crippen molar-refractivity contribution in [3.05, 3.63) is 30.0 Å². The number of aromatic amines is 1. The smallest absolute Gasteiger partial charge is 0.241 e. The van der Waals surface area contributed by atoms with E-state index in [1.807, 2.05) is 31.2 Å². The predicted molar refractivity (Wildman–Crippen MR) is 67.2 cm³/mol. The number of H-pyrrole nitrogens is 1. The molecular formula is C12H13ClN2O. The lowest BCUT2D eigenvalue weighted by Gasteiger charge is -2.16. The Hall–Kier alpha value is -1.48. The summed E-state index contributed by atoms with van der Waals surface area (Å²) in [6, 6.07) is 7.90. The van der Waals surface area contributed by atoms with Gasteiger partial charge in [0.2, 0.25) is 5.91 Å². The van der Waals surface area contributed by atoms with Crippen LogP contribution < -0.4 is 4.90 Å². The highest BCUT2D eigenvalue weighted by Crippen LogP contribution is 2.29. The molecule has 16 heavy (non-hydrogen) atoms. The second kappa shape index (κ2) is 4.18. The lowest BCUT2D eigenvalue weighted by Crippen LogP contribution is -2.27. The Balaban J connectivity index is 2.59. The third kappa shape index (κ3) is 1.67. The lowest BCUT2D eigenvalue weighted by atomic mass is 10.2. The number of carbonyl (C=O) groups excluding carboxylic acids is 1. The molecule has 0 saturated carbocycles. The molecule has 0 bridgehead atoms. The van der Waals surface area contributed by atoms with E-state index >= 15 is 0 Å². The summed E-state index contributed by atoms with van der Waals surface area (Å²) in [5.41, 5.74) is 2.91. The van der Waals surface area contributed by atoms with Crippen LogP contribution in [0.4, 0.5) is 5.69 Å². The van der Waals surface area contributed by atoms with Crippen molar-refractivity contribution in [2.45, 2.75) is 6.92 Å². The molecule has 1 heterocycles. The number of hydrogen-bond acceptors (Lipinski definition) is 1. The Morgan fingerprint density at radius 3 is 2.81 bits per heavy atom. The van der Waals surface area contributed by atoms with Gasteiger partial charge in [-0.2, -0.15) is 0 Å². The number of aryl methyl sites for hydroxylation is 1. The average molecular weight is 237 g/mol. The van der Waals surface area contributed by atoms with Gasteiger partial charge in [0.15, 0.2) is 0 Å². The van der Waals surface area contributed by atoms with E-state index in [1.54, 1.807) is 11.9 Å². The molecular weight excluding hydrogens is 224 g/mol. The Morgan fingerprint density at radius 1 is 1.44 bits per heavy atom. The first kappa shape index (κ1) is 11.0. The van der Waals surface area contributed by atoms with Crippen molar-refractivity contribution in [3.63, 3.8) is 0 Å². The number of alkyl halides is 1. The number of benzene rings is 1. The van der Waals surface area contributed by atoms with Crippen LogP contribution in [0.2, 0.25) is 0 Å². The van der Waals surface area contributed by atoms with Crippen molar-refractivity contribution in [1.82, 2.24) is 4.98 Å². The van der Waals surface area contributed by atoms with Crippen molar-refractivity contribution in [1.29, 1.82) is 0 Å². The zero-order valence-corrected chi connectivity index (χ0v) is 10.0. The van der Waals surface area contributed by atoms with E-state index in [-0.39, 0.29) is 11.8 Å². The first-order valence-corrected chi connectivity index (χ1v) is 5.58. The van der Waals surface area contributed by atoms with Crippen molar-refractivity contribution >= 4 is 34.1 Å². The number of anilines is 1. The lowest BCUT2D eigenvalue weighted by molar-refractivity contribution is -0.116. The Kier molecular flexibility index (Phi) is 2.88. The number of para-hydroxylation sites is 1. The van der Waals surface area contributed by atoms with Crippen molar-refractivity contribution in [2.24, 2.45) is 0 Å². The summed E-state index contributed by atoms with van der Waals surface area (Å²) in [5.74, 6) is -0.107. The van der Waals surface area contributed by atoms with Gasteiger partial charge in [-0.1, -0.05) is 18.2 Å². The fourth-order valence-electron chi connectivity index (χ4n) is 1.91. The van der Waals surface area contributed by atoms with Crippen LogP contribution in [0.5, 0.6) is 0 Å². The van der Waals surface area contributed by atoms with Crippen LogP contribution in [0, 0.1) is 6.92 Å². The molecule has 0 aliphatic rings. The molecule has 0 aliphatic heterocycles. The van der Waals surface area contributed by atoms with E-state index in [0.717, 1.165) is 22.3 Å². The van der Waals surface area contributed by atoms with Gasteiger partial charge >= 0.3 is 0 Å². The number of rotatable bonds is 2. The summed E-state index contributed by atoms with van der Waals surface area (Å²) < 4.78 is 0. The van der Waals surface area contributed by atoms with Crippen LogP contribution in [0.15, 0.2) is 24.3 Å². The summed E-state index contributed by atoms with van der Waals surface area (Å²) >= 11 is 5.57. The molecule has 1 amide bonds. The number of amides is 1. The fraction of sp³-hybridized carbons (Fsp3) is 0.250.